The second-order valence-corrected chi connectivity index (χ2v) is 5.12. The van der Waals surface area contributed by atoms with Crippen molar-refractivity contribution in [1.82, 2.24) is 9.88 Å². The van der Waals surface area contributed by atoms with Crippen molar-refractivity contribution in [1.29, 1.82) is 0 Å². The van der Waals surface area contributed by atoms with Gasteiger partial charge in [-0.05, 0) is 23.9 Å². The lowest BCUT2D eigenvalue weighted by atomic mass is 10.2. The highest BCUT2D eigenvalue weighted by molar-refractivity contribution is 7.10. The Morgan fingerprint density at radius 1 is 1.60 bits per heavy atom. The van der Waals surface area contributed by atoms with Crippen LogP contribution in [-0.2, 0) is 6.54 Å². The topological polar surface area (TPSA) is 66.6 Å². The van der Waals surface area contributed by atoms with Crippen molar-refractivity contribution >= 4 is 17.2 Å². The van der Waals surface area contributed by atoms with Crippen molar-refractivity contribution < 1.29 is 14.3 Å². The standard InChI is InChI=1S/C14H14N2O3S/c1-10-13(19-9-15-10)14(18)16(2)7-11-6-12(20-8-11)4-3-5-17/h6,8-9,17H,5,7H2,1-2H3. The Labute approximate surface area is 120 Å². The smallest absolute Gasteiger partial charge is 0.291 e. The first-order valence-electron chi connectivity index (χ1n) is 5.94. The number of aryl methyl sites for hydroxylation is 1. The Morgan fingerprint density at radius 3 is 3.05 bits per heavy atom. The van der Waals surface area contributed by atoms with Crippen LogP contribution in [0.5, 0.6) is 0 Å². The molecule has 6 heteroatoms. The van der Waals surface area contributed by atoms with E-state index in [9.17, 15) is 4.79 Å². The first-order valence-corrected chi connectivity index (χ1v) is 6.82. The molecule has 0 aliphatic heterocycles. The van der Waals surface area contributed by atoms with Gasteiger partial charge in [0.15, 0.2) is 6.39 Å². The average molecular weight is 290 g/mol. The van der Waals surface area contributed by atoms with E-state index < -0.39 is 0 Å². The Bertz CT molecular complexity index is 663. The summed E-state index contributed by atoms with van der Waals surface area (Å²) in [5, 5.41) is 10.6. The molecule has 20 heavy (non-hydrogen) atoms. The number of hydrogen-bond acceptors (Lipinski definition) is 5. The maximum Gasteiger partial charge on any atom is 0.291 e. The van der Waals surface area contributed by atoms with E-state index in [1.807, 2.05) is 11.4 Å². The zero-order valence-corrected chi connectivity index (χ0v) is 12.0. The normalized spacial score (nSPS) is 9.95. The van der Waals surface area contributed by atoms with Gasteiger partial charge >= 0.3 is 0 Å². The van der Waals surface area contributed by atoms with Crippen LogP contribution in [0.1, 0.15) is 26.7 Å². The lowest BCUT2D eigenvalue weighted by Gasteiger charge is -2.14. The maximum absolute atomic E-state index is 12.1. The van der Waals surface area contributed by atoms with E-state index in [-0.39, 0.29) is 18.3 Å². The fraction of sp³-hybridized carbons (Fsp3) is 0.286. The van der Waals surface area contributed by atoms with E-state index in [2.05, 4.69) is 16.8 Å². The largest absolute Gasteiger partial charge is 0.438 e. The molecule has 2 rings (SSSR count). The van der Waals surface area contributed by atoms with Crippen molar-refractivity contribution in [2.45, 2.75) is 13.5 Å². The summed E-state index contributed by atoms with van der Waals surface area (Å²) in [6.45, 7) is 2.05. The molecule has 0 aromatic carbocycles. The number of nitrogens with zero attached hydrogens (tertiary/aromatic N) is 2. The minimum absolute atomic E-state index is 0.156. The SMILES string of the molecule is Cc1ncoc1C(=O)N(C)Cc1csc(C#CCO)c1. The van der Waals surface area contributed by atoms with Gasteiger partial charge in [-0.25, -0.2) is 4.98 Å². The molecule has 104 valence electrons. The fourth-order valence-electron chi connectivity index (χ4n) is 1.68. The zero-order valence-electron chi connectivity index (χ0n) is 11.2. The van der Waals surface area contributed by atoms with Gasteiger partial charge in [0.25, 0.3) is 5.91 Å². The quantitative estimate of drug-likeness (QED) is 0.873. The lowest BCUT2D eigenvalue weighted by molar-refractivity contribution is 0.0752. The first kappa shape index (κ1) is 14.3. The van der Waals surface area contributed by atoms with Gasteiger partial charge in [-0.1, -0.05) is 11.8 Å². The van der Waals surface area contributed by atoms with Crippen molar-refractivity contribution in [2.75, 3.05) is 13.7 Å². The number of oxazole rings is 1. The van der Waals surface area contributed by atoms with Crippen molar-refractivity contribution in [2.24, 2.45) is 0 Å². The number of aromatic nitrogens is 1. The van der Waals surface area contributed by atoms with Crippen molar-refractivity contribution in [3.63, 3.8) is 0 Å². The number of thiophene rings is 1. The van der Waals surface area contributed by atoms with E-state index >= 15 is 0 Å². The van der Waals surface area contributed by atoms with Crippen LogP contribution in [0.3, 0.4) is 0 Å². The summed E-state index contributed by atoms with van der Waals surface area (Å²) < 4.78 is 5.09. The van der Waals surface area contributed by atoms with Crippen LogP contribution in [0.15, 0.2) is 22.3 Å². The number of carbonyl (C=O) groups is 1. The number of carbonyl (C=O) groups excluding carboxylic acids is 1. The third-order valence-electron chi connectivity index (χ3n) is 2.65. The summed E-state index contributed by atoms with van der Waals surface area (Å²) in [6, 6.07) is 1.91. The van der Waals surface area contributed by atoms with Gasteiger partial charge in [0.2, 0.25) is 5.76 Å². The number of rotatable bonds is 3. The average Bonchev–Trinajstić information content (AvgIpc) is 3.04. The Kier molecular flexibility index (Phi) is 4.56. The molecule has 0 aliphatic rings. The van der Waals surface area contributed by atoms with E-state index in [1.54, 1.807) is 18.9 Å². The summed E-state index contributed by atoms with van der Waals surface area (Å²) in [7, 11) is 1.71. The molecule has 0 aliphatic carbocycles. The van der Waals surface area contributed by atoms with Gasteiger partial charge < -0.3 is 14.4 Å². The lowest BCUT2D eigenvalue weighted by Crippen LogP contribution is -2.26. The monoisotopic (exact) mass is 290 g/mol. The molecule has 5 nitrogen and oxygen atoms in total. The Morgan fingerprint density at radius 2 is 2.40 bits per heavy atom. The van der Waals surface area contributed by atoms with Gasteiger partial charge in [0.1, 0.15) is 6.61 Å². The zero-order chi connectivity index (χ0) is 14.5. The summed E-state index contributed by atoms with van der Waals surface area (Å²) >= 11 is 1.49. The third kappa shape index (κ3) is 3.26. The second kappa shape index (κ2) is 6.37. The molecular formula is C14H14N2O3S. The highest BCUT2D eigenvalue weighted by Crippen LogP contribution is 2.16. The van der Waals surface area contributed by atoms with Crippen molar-refractivity contribution in [3.05, 3.63) is 39.7 Å². The van der Waals surface area contributed by atoms with Gasteiger partial charge in [-0.2, -0.15) is 0 Å². The molecule has 1 amide bonds. The van der Waals surface area contributed by atoms with Crippen molar-refractivity contribution in [3.8, 4) is 11.8 Å². The Hall–Kier alpha value is -2.10. The fourth-order valence-corrected chi connectivity index (χ4v) is 2.45. The molecule has 0 fully saturated rings. The minimum Gasteiger partial charge on any atom is -0.438 e. The molecule has 0 saturated heterocycles. The van der Waals surface area contributed by atoms with Crippen LogP contribution >= 0.6 is 11.3 Å². The number of aliphatic hydroxyl groups excluding tert-OH is 1. The molecule has 2 aromatic heterocycles. The summed E-state index contributed by atoms with van der Waals surface area (Å²) in [5.41, 5.74) is 1.58. The van der Waals surface area contributed by atoms with Gasteiger partial charge in [0.05, 0.1) is 10.6 Å². The minimum atomic E-state index is -0.200. The molecule has 0 radical (unpaired) electrons. The maximum atomic E-state index is 12.1. The Balaban J connectivity index is 2.04. The second-order valence-electron chi connectivity index (χ2n) is 4.21. The molecule has 0 saturated carbocycles. The number of hydrogen-bond donors (Lipinski definition) is 1. The van der Waals surface area contributed by atoms with Gasteiger partial charge in [-0.3, -0.25) is 4.79 Å². The summed E-state index contributed by atoms with van der Waals surface area (Å²) in [4.78, 5) is 18.5. The van der Waals surface area contributed by atoms with Gasteiger partial charge in [-0.15, -0.1) is 11.3 Å². The summed E-state index contributed by atoms with van der Waals surface area (Å²) in [5.74, 6) is 5.50. The van der Waals surface area contributed by atoms with Crippen LogP contribution in [-0.4, -0.2) is 34.6 Å². The van der Waals surface area contributed by atoms with Crippen LogP contribution in [0.2, 0.25) is 0 Å². The molecule has 0 atom stereocenters. The molecule has 1 N–H and O–H groups in total. The number of aliphatic hydroxyl groups is 1. The van der Waals surface area contributed by atoms with Crippen LogP contribution < -0.4 is 0 Å². The molecule has 2 aromatic rings. The van der Waals surface area contributed by atoms with E-state index in [0.29, 0.717) is 12.2 Å². The van der Waals surface area contributed by atoms with Crippen LogP contribution in [0.25, 0.3) is 0 Å². The highest BCUT2D eigenvalue weighted by atomic mass is 32.1. The van der Waals surface area contributed by atoms with E-state index in [1.165, 1.54) is 17.7 Å². The van der Waals surface area contributed by atoms with Crippen LogP contribution in [0, 0.1) is 18.8 Å². The molecule has 0 bridgehead atoms. The molecule has 0 unspecified atom stereocenters. The predicted molar refractivity (Wildman–Crippen MR) is 75.3 cm³/mol. The molecular weight excluding hydrogens is 276 g/mol. The molecule has 0 spiro atoms. The summed E-state index contributed by atoms with van der Waals surface area (Å²) in [6.07, 6.45) is 1.27. The highest BCUT2D eigenvalue weighted by Gasteiger charge is 2.18. The third-order valence-corrected chi connectivity index (χ3v) is 3.55. The predicted octanol–water partition coefficient (Wildman–Crippen LogP) is 1.66. The van der Waals surface area contributed by atoms with E-state index in [0.717, 1.165) is 10.4 Å². The first-order chi connectivity index (χ1) is 9.61. The van der Waals surface area contributed by atoms with Crippen LogP contribution in [0.4, 0.5) is 0 Å². The van der Waals surface area contributed by atoms with Gasteiger partial charge in [0, 0.05) is 13.6 Å². The number of amides is 1. The van der Waals surface area contributed by atoms with E-state index in [4.69, 9.17) is 9.52 Å². The molecule has 2 heterocycles.